The first-order valence-corrected chi connectivity index (χ1v) is 10.4. The van der Waals surface area contributed by atoms with Crippen LogP contribution in [0.3, 0.4) is 0 Å². The van der Waals surface area contributed by atoms with Crippen LogP contribution in [0.1, 0.15) is 24.8 Å². The molecule has 1 fully saturated rings. The summed E-state index contributed by atoms with van der Waals surface area (Å²) in [5, 5.41) is 12.3. The molecule has 152 valence electrons. The fraction of sp³-hybridized carbons (Fsp3) is 0.611. The molecular weight excluding hydrogens is 372 g/mol. The molecule has 9 heteroatoms. The molecular formula is C18H28N2O6S. The van der Waals surface area contributed by atoms with Gasteiger partial charge in [-0.05, 0) is 31.9 Å². The molecule has 1 aromatic carbocycles. The summed E-state index contributed by atoms with van der Waals surface area (Å²) < 4.78 is 38.4. The van der Waals surface area contributed by atoms with Gasteiger partial charge in [0.1, 0.15) is 0 Å². The van der Waals surface area contributed by atoms with E-state index in [-0.39, 0.29) is 29.9 Å². The van der Waals surface area contributed by atoms with Crippen LogP contribution < -0.4 is 10.0 Å². The first-order valence-electron chi connectivity index (χ1n) is 8.96. The maximum absolute atomic E-state index is 12.6. The standard InChI is InChI=1S/C18H28N2O6S/c1-13-3-6-15(7-4-13)27(23,24)20-16-8-5-14(26-17(16)12-21)11-18(22)19-9-10-25-2/h3-4,6-7,14,16-17,20-21H,5,8-12H2,1-2H3,(H,19,22)/t14-,16-,17-/m1/s1. The molecule has 0 bridgehead atoms. The highest BCUT2D eigenvalue weighted by Crippen LogP contribution is 2.23. The largest absolute Gasteiger partial charge is 0.394 e. The number of sulfonamides is 1. The molecule has 0 unspecified atom stereocenters. The Balaban J connectivity index is 1.92. The van der Waals surface area contributed by atoms with Crippen molar-refractivity contribution in [2.75, 3.05) is 26.9 Å². The minimum Gasteiger partial charge on any atom is -0.394 e. The van der Waals surface area contributed by atoms with Gasteiger partial charge in [-0.3, -0.25) is 4.79 Å². The Morgan fingerprint density at radius 1 is 1.30 bits per heavy atom. The quantitative estimate of drug-likeness (QED) is 0.515. The summed E-state index contributed by atoms with van der Waals surface area (Å²) in [6.07, 6.45) is 0.111. The predicted molar refractivity (Wildman–Crippen MR) is 99.8 cm³/mol. The monoisotopic (exact) mass is 400 g/mol. The number of methoxy groups -OCH3 is 1. The summed E-state index contributed by atoms with van der Waals surface area (Å²) in [5.41, 5.74) is 0.967. The van der Waals surface area contributed by atoms with Gasteiger partial charge in [-0.1, -0.05) is 17.7 Å². The third-order valence-electron chi connectivity index (χ3n) is 4.47. The van der Waals surface area contributed by atoms with Crippen LogP contribution in [0, 0.1) is 6.92 Å². The van der Waals surface area contributed by atoms with Crippen LogP contribution in [0.5, 0.6) is 0 Å². The maximum Gasteiger partial charge on any atom is 0.240 e. The third-order valence-corrected chi connectivity index (χ3v) is 5.98. The molecule has 0 aromatic heterocycles. The Morgan fingerprint density at radius 2 is 2.00 bits per heavy atom. The number of rotatable bonds is 9. The van der Waals surface area contributed by atoms with Crippen LogP contribution in [0.2, 0.25) is 0 Å². The van der Waals surface area contributed by atoms with E-state index in [9.17, 15) is 18.3 Å². The van der Waals surface area contributed by atoms with Crippen LogP contribution >= 0.6 is 0 Å². The molecule has 3 N–H and O–H groups in total. The first-order chi connectivity index (χ1) is 12.9. The molecule has 1 saturated heterocycles. The van der Waals surface area contributed by atoms with Crippen molar-refractivity contribution >= 4 is 15.9 Å². The topological polar surface area (TPSA) is 114 Å². The minimum absolute atomic E-state index is 0.160. The number of hydrogen-bond acceptors (Lipinski definition) is 6. The first kappa shape index (κ1) is 21.8. The van der Waals surface area contributed by atoms with E-state index in [4.69, 9.17) is 9.47 Å². The van der Waals surface area contributed by atoms with Crippen LogP contribution in [0.25, 0.3) is 0 Å². The Morgan fingerprint density at radius 3 is 2.63 bits per heavy atom. The number of aliphatic hydroxyl groups excluding tert-OH is 1. The molecule has 1 aliphatic heterocycles. The Bertz CT molecular complexity index is 707. The molecule has 0 spiro atoms. The highest BCUT2D eigenvalue weighted by atomic mass is 32.2. The molecule has 0 radical (unpaired) electrons. The lowest BCUT2D eigenvalue weighted by Gasteiger charge is -2.35. The third kappa shape index (κ3) is 6.54. The predicted octanol–water partition coefficient (Wildman–Crippen LogP) is 0.335. The number of aryl methyl sites for hydroxylation is 1. The Hall–Kier alpha value is -1.52. The van der Waals surface area contributed by atoms with E-state index in [1.54, 1.807) is 31.4 Å². The van der Waals surface area contributed by atoms with Gasteiger partial charge in [0.05, 0.1) is 42.8 Å². The van der Waals surface area contributed by atoms with Crippen molar-refractivity contribution in [3.63, 3.8) is 0 Å². The van der Waals surface area contributed by atoms with Crippen LogP contribution in [-0.4, -0.2) is 64.5 Å². The number of aliphatic hydroxyl groups is 1. The zero-order valence-electron chi connectivity index (χ0n) is 15.7. The number of ether oxygens (including phenoxy) is 2. The van der Waals surface area contributed by atoms with E-state index < -0.39 is 22.2 Å². The molecule has 1 heterocycles. The van der Waals surface area contributed by atoms with Gasteiger partial charge in [0.2, 0.25) is 15.9 Å². The molecule has 2 rings (SSSR count). The number of amides is 1. The molecule has 1 aliphatic rings. The van der Waals surface area contributed by atoms with Gasteiger partial charge in [0.25, 0.3) is 0 Å². The molecule has 3 atom stereocenters. The van der Waals surface area contributed by atoms with Gasteiger partial charge < -0.3 is 19.9 Å². The number of benzene rings is 1. The summed E-state index contributed by atoms with van der Waals surface area (Å²) in [7, 11) is -2.15. The van der Waals surface area contributed by atoms with E-state index in [1.807, 2.05) is 6.92 Å². The van der Waals surface area contributed by atoms with Gasteiger partial charge in [0.15, 0.2) is 0 Å². The van der Waals surface area contributed by atoms with Gasteiger partial charge in [-0.2, -0.15) is 0 Å². The number of carbonyl (C=O) groups excluding carboxylic acids is 1. The summed E-state index contributed by atoms with van der Waals surface area (Å²) in [6.45, 7) is 2.40. The van der Waals surface area contributed by atoms with E-state index in [1.165, 1.54) is 0 Å². The van der Waals surface area contributed by atoms with Crippen molar-refractivity contribution in [2.24, 2.45) is 0 Å². The van der Waals surface area contributed by atoms with Gasteiger partial charge in [-0.25, -0.2) is 13.1 Å². The lowest BCUT2D eigenvalue weighted by atomic mass is 9.98. The molecule has 0 aliphatic carbocycles. The summed E-state index contributed by atoms with van der Waals surface area (Å²) in [4.78, 5) is 12.1. The van der Waals surface area contributed by atoms with Crippen molar-refractivity contribution in [2.45, 2.75) is 49.3 Å². The minimum atomic E-state index is -3.71. The van der Waals surface area contributed by atoms with Crippen LogP contribution in [0.15, 0.2) is 29.2 Å². The van der Waals surface area contributed by atoms with Crippen LogP contribution in [-0.2, 0) is 24.3 Å². The average Bonchev–Trinajstić information content (AvgIpc) is 2.63. The summed E-state index contributed by atoms with van der Waals surface area (Å²) in [5.74, 6) is -0.160. The Labute approximate surface area is 160 Å². The molecule has 1 amide bonds. The second-order valence-electron chi connectivity index (χ2n) is 6.64. The summed E-state index contributed by atoms with van der Waals surface area (Å²) >= 11 is 0. The van der Waals surface area contributed by atoms with Gasteiger partial charge in [0, 0.05) is 13.7 Å². The van der Waals surface area contributed by atoms with Crippen molar-refractivity contribution in [1.82, 2.24) is 10.0 Å². The maximum atomic E-state index is 12.6. The van der Waals surface area contributed by atoms with Crippen molar-refractivity contribution < 1.29 is 27.8 Å². The van der Waals surface area contributed by atoms with E-state index in [0.29, 0.717) is 26.0 Å². The molecule has 1 aromatic rings. The highest BCUT2D eigenvalue weighted by molar-refractivity contribution is 7.89. The number of carbonyl (C=O) groups is 1. The lowest BCUT2D eigenvalue weighted by molar-refractivity contribution is -0.130. The Kier molecular flexibility index (Phi) is 8.18. The highest BCUT2D eigenvalue weighted by Gasteiger charge is 2.34. The van der Waals surface area contributed by atoms with Crippen LogP contribution in [0.4, 0.5) is 0 Å². The number of hydrogen-bond donors (Lipinski definition) is 3. The van der Waals surface area contributed by atoms with Gasteiger partial charge >= 0.3 is 0 Å². The number of nitrogens with one attached hydrogen (secondary N) is 2. The smallest absolute Gasteiger partial charge is 0.240 e. The SMILES string of the molecule is COCCNC(=O)C[C@H]1CC[C@@H](NS(=O)(=O)c2ccc(C)cc2)[C@@H](CO)O1. The second-order valence-corrected chi connectivity index (χ2v) is 8.36. The van der Waals surface area contributed by atoms with E-state index in [0.717, 1.165) is 5.56 Å². The summed E-state index contributed by atoms with van der Waals surface area (Å²) in [6, 6.07) is 6.00. The zero-order valence-corrected chi connectivity index (χ0v) is 16.5. The van der Waals surface area contributed by atoms with E-state index >= 15 is 0 Å². The lowest BCUT2D eigenvalue weighted by Crippen LogP contribution is -2.51. The van der Waals surface area contributed by atoms with E-state index in [2.05, 4.69) is 10.0 Å². The van der Waals surface area contributed by atoms with Gasteiger partial charge in [-0.15, -0.1) is 0 Å². The van der Waals surface area contributed by atoms with Crippen molar-refractivity contribution in [1.29, 1.82) is 0 Å². The fourth-order valence-corrected chi connectivity index (χ4v) is 4.27. The zero-order chi connectivity index (χ0) is 19.9. The van der Waals surface area contributed by atoms with Crippen molar-refractivity contribution in [3.05, 3.63) is 29.8 Å². The molecule has 8 nitrogen and oxygen atoms in total. The normalized spacial score (nSPS) is 23.1. The molecule has 0 saturated carbocycles. The molecule has 27 heavy (non-hydrogen) atoms. The van der Waals surface area contributed by atoms with Crippen molar-refractivity contribution in [3.8, 4) is 0 Å². The fourth-order valence-electron chi connectivity index (χ4n) is 2.97. The second kappa shape index (κ2) is 10.1. The average molecular weight is 400 g/mol.